The van der Waals surface area contributed by atoms with Crippen LogP contribution in [-0.4, -0.2) is 35.0 Å². The monoisotopic (exact) mass is 365 g/mol. The number of rotatable bonds is 9. The normalized spacial score (nSPS) is 10.4. The van der Waals surface area contributed by atoms with Crippen LogP contribution in [0.1, 0.15) is 11.1 Å². The lowest BCUT2D eigenvalue weighted by atomic mass is 10.1. The molecule has 0 aliphatic rings. The van der Waals surface area contributed by atoms with Gasteiger partial charge in [0.15, 0.2) is 23.0 Å². The van der Waals surface area contributed by atoms with Gasteiger partial charge in [0.05, 0.1) is 33.5 Å². The zero-order chi connectivity index (χ0) is 18.2. The summed E-state index contributed by atoms with van der Waals surface area (Å²) >= 11 is 6.39. The van der Waals surface area contributed by atoms with E-state index in [-0.39, 0.29) is 0 Å². The molecule has 0 spiro atoms. The van der Waals surface area contributed by atoms with Gasteiger partial charge in [-0.05, 0) is 42.3 Å². The predicted octanol–water partition coefficient (Wildman–Crippen LogP) is 3.71. The summed E-state index contributed by atoms with van der Waals surface area (Å²) in [5.41, 5.74) is 2.13. The predicted molar refractivity (Wildman–Crippen MR) is 99.5 cm³/mol. The van der Waals surface area contributed by atoms with Crippen molar-refractivity contribution < 1.29 is 18.9 Å². The molecule has 0 unspecified atom stereocenters. The minimum atomic E-state index is 0.559. The Hall–Kier alpha value is -2.11. The van der Waals surface area contributed by atoms with Crippen LogP contribution in [0.2, 0.25) is 5.02 Å². The lowest BCUT2D eigenvalue weighted by molar-refractivity contribution is 0.354. The molecule has 2 aromatic carbocycles. The largest absolute Gasteiger partial charge is 0.493 e. The summed E-state index contributed by atoms with van der Waals surface area (Å²) in [5, 5.41) is 3.96. The summed E-state index contributed by atoms with van der Waals surface area (Å²) in [5.74, 6) is 2.66. The van der Waals surface area contributed by atoms with E-state index in [0.29, 0.717) is 23.1 Å². The van der Waals surface area contributed by atoms with E-state index in [0.717, 1.165) is 30.0 Å². The fraction of sp³-hybridized carbons (Fsp3) is 0.368. The van der Waals surface area contributed by atoms with Crippen molar-refractivity contribution >= 4 is 11.6 Å². The van der Waals surface area contributed by atoms with E-state index < -0.39 is 0 Å². The van der Waals surface area contributed by atoms with E-state index in [4.69, 9.17) is 30.5 Å². The highest BCUT2D eigenvalue weighted by Crippen LogP contribution is 2.37. The minimum Gasteiger partial charge on any atom is -0.493 e. The molecular formula is C19H24ClNO4. The number of methoxy groups -OCH3 is 4. The first-order valence-corrected chi connectivity index (χ1v) is 8.33. The first kappa shape index (κ1) is 19.2. The van der Waals surface area contributed by atoms with Crippen molar-refractivity contribution in [2.24, 2.45) is 0 Å². The molecule has 2 rings (SSSR count). The van der Waals surface area contributed by atoms with Gasteiger partial charge in [-0.3, -0.25) is 0 Å². The molecule has 5 nitrogen and oxygen atoms in total. The second-order valence-electron chi connectivity index (χ2n) is 5.39. The maximum Gasteiger partial charge on any atom is 0.179 e. The highest BCUT2D eigenvalue weighted by molar-refractivity contribution is 6.33. The lowest BCUT2D eigenvalue weighted by Crippen LogP contribution is -2.17. The molecule has 25 heavy (non-hydrogen) atoms. The van der Waals surface area contributed by atoms with Crippen molar-refractivity contribution in [1.29, 1.82) is 0 Å². The Labute approximate surface area is 153 Å². The Morgan fingerprint density at radius 3 is 2.16 bits per heavy atom. The molecule has 1 N–H and O–H groups in total. The second-order valence-corrected chi connectivity index (χ2v) is 5.77. The van der Waals surface area contributed by atoms with Gasteiger partial charge in [0, 0.05) is 6.54 Å². The van der Waals surface area contributed by atoms with E-state index in [2.05, 4.69) is 5.32 Å². The summed E-state index contributed by atoms with van der Waals surface area (Å²) in [6, 6.07) is 9.73. The smallest absolute Gasteiger partial charge is 0.179 e. The highest BCUT2D eigenvalue weighted by Gasteiger charge is 2.12. The summed E-state index contributed by atoms with van der Waals surface area (Å²) in [4.78, 5) is 0. The lowest BCUT2D eigenvalue weighted by Gasteiger charge is -2.13. The van der Waals surface area contributed by atoms with Gasteiger partial charge in [0.1, 0.15) is 0 Å². The molecule has 0 aliphatic carbocycles. The summed E-state index contributed by atoms with van der Waals surface area (Å²) in [6.07, 6.45) is 0.866. The fourth-order valence-electron chi connectivity index (χ4n) is 2.56. The van der Waals surface area contributed by atoms with Gasteiger partial charge in [0.2, 0.25) is 0 Å². The first-order chi connectivity index (χ1) is 12.1. The average Bonchev–Trinajstić information content (AvgIpc) is 2.65. The molecule has 0 radical (unpaired) electrons. The van der Waals surface area contributed by atoms with Crippen LogP contribution in [0.4, 0.5) is 0 Å². The minimum absolute atomic E-state index is 0.559. The van der Waals surface area contributed by atoms with Gasteiger partial charge >= 0.3 is 0 Å². The van der Waals surface area contributed by atoms with Gasteiger partial charge < -0.3 is 24.3 Å². The van der Waals surface area contributed by atoms with Gasteiger partial charge in [-0.1, -0.05) is 23.7 Å². The Kier molecular flexibility index (Phi) is 7.22. The van der Waals surface area contributed by atoms with Crippen LogP contribution < -0.4 is 24.3 Å². The van der Waals surface area contributed by atoms with Gasteiger partial charge in [-0.15, -0.1) is 0 Å². The maximum atomic E-state index is 6.39. The van der Waals surface area contributed by atoms with Crippen molar-refractivity contribution in [2.45, 2.75) is 13.0 Å². The number of ether oxygens (including phenoxy) is 4. The number of halogens is 1. The third kappa shape index (κ3) is 4.71. The SMILES string of the molecule is COc1ccc(CCNCc2ccc(OC)c(OC)c2Cl)cc1OC. The van der Waals surface area contributed by atoms with Crippen molar-refractivity contribution in [3.05, 3.63) is 46.5 Å². The molecule has 0 aromatic heterocycles. The van der Waals surface area contributed by atoms with Gasteiger partial charge in [-0.25, -0.2) is 0 Å². The molecule has 0 saturated heterocycles. The summed E-state index contributed by atoms with van der Waals surface area (Å²) in [6.45, 7) is 1.45. The molecule has 136 valence electrons. The van der Waals surface area contributed by atoms with Gasteiger partial charge in [-0.2, -0.15) is 0 Å². The number of hydrogen-bond acceptors (Lipinski definition) is 5. The Bertz CT molecular complexity index is 706. The van der Waals surface area contributed by atoms with Crippen LogP contribution >= 0.6 is 11.6 Å². The van der Waals surface area contributed by atoms with Crippen LogP contribution in [0.25, 0.3) is 0 Å². The van der Waals surface area contributed by atoms with E-state index in [9.17, 15) is 0 Å². The molecule has 0 amide bonds. The van der Waals surface area contributed by atoms with Crippen LogP contribution in [-0.2, 0) is 13.0 Å². The third-order valence-corrected chi connectivity index (χ3v) is 4.33. The quantitative estimate of drug-likeness (QED) is 0.686. The van der Waals surface area contributed by atoms with Crippen molar-refractivity contribution in [3.8, 4) is 23.0 Å². The Morgan fingerprint density at radius 2 is 1.52 bits per heavy atom. The first-order valence-electron chi connectivity index (χ1n) is 7.95. The second kappa shape index (κ2) is 9.39. The topological polar surface area (TPSA) is 49.0 Å². The highest BCUT2D eigenvalue weighted by atomic mass is 35.5. The summed E-state index contributed by atoms with van der Waals surface area (Å²) in [7, 11) is 6.44. The number of hydrogen-bond donors (Lipinski definition) is 1. The molecule has 0 atom stereocenters. The van der Waals surface area contributed by atoms with E-state index >= 15 is 0 Å². The number of nitrogens with one attached hydrogen (secondary N) is 1. The number of benzene rings is 2. The molecular weight excluding hydrogens is 342 g/mol. The van der Waals surface area contributed by atoms with E-state index in [1.165, 1.54) is 5.56 Å². The van der Waals surface area contributed by atoms with Crippen molar-refractivity contribution in [1.82, 2.24) is 5.32 Å². The van der Waals surface area contributed by atoms with Crippen molar-refractivity contribution in [2.75, 3.05) is 35.0 Å². The molecule has 0 aliphatic heterocycles. The zero-order valence-electron chi connectivity index (χ0n) is 15.0. The fourth-order valence-corrected chi connectivity index (χ4v) is 2.86. The van der Waals surface area contributed by atoms with Crippen LogP contribution in [0.5, 0.6) is 23.0 Å². The van der Waals surface area contributed by atoms with E-state index in [1.807, 2.05) is 30.3 Å². The van der Waals surface area contributed by atoms with Crippen molar-refractivity contribution in [3.63, 3.8) is 0 Å². The zero-order valence-corrected chi connectivity index (χ0v) is 15.8. The molecule has 0 heterocycles. The third-order valence-electron chi connectivity index (χ3n) is 3.92. The molecule has 0 fully saturated rings. The maximum absolute atomic E-state index is 6.39. The standard InChI is InChI=1S/C19H24ClNO4/c1-22-15-7-5-13(11-17(15)24-3)9-10-21-12-14-6-8-16(23-2)19(25-4)18(14)20/h5-8,11,21H,9-10,12H2,1-4H3. The molecule has 6 heteroatoms. The van der Waals surface area contributed by atoms with Crippen LogP contribution in [0.3, 0.4) is 0 Å². The summed E-state index contributed by atoms with van der Waals surface area (Å²) < 4.78 is 21.1. The van der Waals surface area contributed by atoms with Crippen LogP contribution in [0, 0.1) is 0 Å². The Balaban J connectivity index is 1.93. The van der Waals surface area contributed by atoms with E-state index in [1.54, 1.807) is 28.4 Å². The Morgan fingerprint density at radius 1 is 0.840 bits per heavy atom. The molecule has 2 aromatic rings. The molecule has 0 saturated carbocycles. The van der Waals surface area contributed by atoms with Gasteiger partial charge in [0.25, 0.3) is 0 Å². The van der Waals surface area contributed by atoms with Crippen LogP contribution in [0.15, 0.2) is 30.3 Å². The average molecular weight is 366 g/mol. The molecule has 0 bridgehead atoms.